The molecule has 120 valence electrons. The molecule has 0 saturated heterocycles. The third-order valence-electron chi connectivity index (χ3n) is 3.29. The highest BCUT2D eigenvalue weighted by atomic mass is 35.5. The van der Waals surface area contributed by atoms with Crippen LogP contribution in [0.5, 0.6) is 5.75 Å². The van der Waals surface area contributed by atoms with Crippen molar-refractivity contribution < 1.29 is 13.5 Å². The maximum absolute atomic E-state index is 14.1. The van der Waals surface area contributed by atoms with Crippen LogP contribution >= 0.6 is 11.6 Å². The summed E-state index contributed by atoms with van der Waals surface area (Å²) in [5.74, 6) is -1.33. The lowest BCUT2D eigenvalue weighted by molar-refractivity contribution is 0.216. The first-order valence-electron chi connectivity index (χ1n) is 6.72. The van der Waals surface area contributed by atoms with E-state index in [9.17, 15) is 8.78 Å². The summed E-state index contributed by atoms with van der Waals surface area (Å²) in [5.41, 5.74) is 6.75. The summed E-state index contributed by atoms with van der Waals surface area (Å²) < 4.78 is 33.5. The number of rotatable bonds is 5. The third kappa shape index (κ3) is 3.51. The highest BCUT2D eigenvalue weighted by Crippen LogP contribution is 2.32. The van der Waals surface area contributed by atoms with E-state index < -0.39 is 17.7 Å². The molecule has 0 amide bonds. The van der Waals surface area contributed by atoms with Crippen molar-refractivity contribution in [3.05, 3.63) is 71.4 Å². The number of nitrogen functional groups attached to an aromatic ring is 1. The summed E-state index contributed by atoms with van der Waals surface area (Å²) in [6.07, 6.45) is 2.11. The Balaban J connectivity index is 2.38. The molecule has 1 aromatic carbocycles. The molecule has 3 nitrogen and oxygen atoms in total. The highest BCUT2D eigenvalue weighted by molar-refractivity contribution is 6.30. The van der Waals surface area contributed by atoms with Gasteiger partial charge >= 0.3 is 0 Å². The van der Waals surface area contributed by atoms with Gasteiger partial charge < -0.3 is 10.5 Å². The van der Waals surface area contributed by atoms with Crippen molar-refractivity contribution in [2.45, 2.75) is 13.0 Å². The molecule has 0 aliphatic carbocycles. The van der Waals surface area contributed by atoms with Gasteiger partial charge in [0.05, 0.1) is 10.6 Å². The zero-order valence-corrected chi connectivity index (χ0v) is 13.2. The standard InChI is InChI=1S/C17H15ClF2N2O/c1-4-9(2)11-7-14(17(21)22-8-11)23-10(3)15-13(19)6-5-12(18)16(15)20/h4-8,10H,1-2H2,3H3,(H2,21,22). The van der Waals surface area contributed by atoms with Gasteiger partial charge in [0.1, 0.15) is 11.9 Å². The van der Waals surface area contributed by atoms with Gasteiger partial charge in [-0.2, -0.15) is 0 Å². The van der Waals surface area contributed by atoms with Crippen molar-refractivity contribution in [3.8, 4) is 5.75 Å². The summed E-state index contributed by atoms with van der Waals surface area (Å²) in [6, 6.07) is 3.81. The van der Waals surface area contributed by atoms with E-state index in [1.54, 1.807) is 12.1 Å². The van der Waals surface area contributed by atoms with Crippen molar-refractivity contribution in [3.63, 3.8) is 0 Å². The molecule has 0 spiro atoms. The normalized spacial score (nSPS) is 11.8. The number of nitrogens with zero attached hydrogens (tertiary/aromatic N) is 1. The largest absolute Gasteiger partial charge is 0.482 e. The first-order chi connectivity index (χ1) is 10.8. The molecule has 0 aliphatic heterocycles. The van der Waals surface area contributed by atoms with E-state index in [-0.39, 0.29) is 22.2 Å². The number of hydrogen-bond acceptors (Lipinski definition) is 3. The topological polar surface area (TPSA) is 48.1 Å². The molecular weight excluding hydrogens is 322 g/mol. The van der Waals surface area contributed by atoms with Crippen LogP contribution in [0.25, 0.3) is 5.57 Å². The van der Waals surface area contributed by atoms with Crippen LogP contribution in [0.15, 0.2) is 43.6 Å². The summed E-state index contributed by atoms with van der Waals surface area (Å²) in [4.78, 5) is 3.99. The molecule has 2 rings (SSSR count). The first-order valence-corrected chi connectivity index (χ1v) is 7.10. The molecule has 0 fully saturated rings. The summed E-state index contributed by atoms with van der Waals surface area (Å²) in [6.45, 7) is 8.91. The van der Waals surface area contributed by atoms with Gasteiger partial charge in [-0.1, -0.05) is 30.8 Å². The van der Waals surface area contributed by atoms with E-state index in [1.165, 1.54) is 13.1 Å². The Kier molecular flexibility index (Phi) is 5.01. The van der Waals surface area contributed by atoms with Crippen LogP contribution in [-0.2, 0) is 0 Å². The number of nitrogens with two attached hydrogens (primary N) is 1. The molecule has 2 aromatic rings. The quantitative estimate of drug-likeness (QED) is 0.621. The Morgan fingerprint density at radius 1 is 1.43 bits per heavy atom. The lowest BCUT2D eigenvalue weighted by Crippen LogP contribution is -2.10. The Hall–Kier alpha value is -2.40. The smallest absolute Gasteiger partial charge is 0.166 e. The van der Waals surface area contributed by atoms with Crippen LogP contribution in [-0.4, -0.2) is 4.98 Å². The van der Waals surface area contributed by atoms with E-state index >= 15 is 0 Å². The number of allylic oxidation sites excluding steroid dienone is 2. The average Bonchev–Trinajstić information content (AvgIpc) is 2.52. The fourth-order valence-electron chi connectivity index (χ4n) is 2.01. The maximum Gasteiger partial charge on any atom is 0.166 e. The SMILES string of the molecule is C=CC(=C)c1cnc(N)c(OC(C)c2c(F)ccc(Cl)c2F)c1. The zero-order chi connectivity index (χ0) is 17.1. The van der Waals surface area contributed by atoms with Crippen molar-refractivity contribution in [2.75, 3.05) is 5.73 Å². The van der Waals surface area contributed by atoms with E-state index in [4.69, 9.17) is 22.1 Å². The molecule has 1 atom stereocenters. The molecule has 1 aromatic heterocycles. The van der Waals surface area contributed by atoms with E-state index in [0.29, 0.717) is 11.1 Å². The van der Waals surface area contributed by atoms with Gasteiger partial charge in [0.2, 0.25) is 0 Å². The number of benzene rings is 1. The molecule has 0 saturated carbocycles. The number of hydrogen-bond donors (Lipinski definition) is 1. The number of ether oxygens (including phenoxy) is 1. The minimum atomic E-state index is -0.954. The third-order valence-corrected chi connectivity index (χ3v) is 3.58. The minimum absolute atomic E-state index is 0.0975. The van der Waals surface area contributed by atoms with E-state index in [0.717, 1.165) is 12.1 Å². The van der Waals surface area contributed by atoms with Crippen molar-refractivity contribution >= 4 is 23.0 Å². The van der Waals surface area contributed by atoms with Crippen LogP contribution in [0.1, 0.15) is 24.2 Å². The zero-order valence-electron chi connectivity index (χ0n) is 12.4. The van der Waals surface area contributed by atoms with Gasteiger partial charge in [0.25, 0.3) is 0 Å². The molecule has 2 N–H and O–H groups in total. The van der Waals surface area contributed by atoms with Gasteiger partial charge in [0, 0.05) is 11.8 Å². The fourth-order valence-corrected chi connectivity index (χ4v) is 2.17. The summed E-state index contributed by atoms with van der Waals surface area (Å²) >= 11 is 5.69. The molecule has 0 aliphatic rings. The van der Waals surface area contributed by atoms with Crippen LogP contribution in [0.3, 0.4) is 0 Å². The predicted molar refractivity (Wildman–Crippen MR) is 88.3 cm³/mol. The van der Waals surface area contributed by atoms with Crippen LogP contribution in [0, 0.1) is 11.6 Å². The van der Waals surface area contributed by atoms with Gasteiger partial charge in [-0.25, -0.2) is 13.8 Å². The molecule has 0 bridgehead atoms. The second kappa shape index (κ2) is 6.79. The van der Waals surface area contributed by atoms with Gasteiger partial charge in [-0.3, -0.25) is 0 Å². The van der Waals surface area contributed by atoms with Gasteiger partial charge in [0.15, 0.2) is 17.4 Å². The number of halogens is 3. The molecule has 1 heterocycles. The van der Waals surface area contributed by atoms with Crippen LogP contribution < -0.4 is 10.5 Å². The summed E-state index contributed by atoms with van der Waals surface area (Å²) in [5, 5.41) is -0.184. The number of anilines is 1. The Bertz CT molecular complexity index is 777. The summed E-state index contributed by atoms with van der Waals surface area (Å²) in [7, 11) is 0. The van der Waals surface area contributed by atoms with Gasteiger partial charge in [-0.15, -0.1) is 0 Å². The molecule has 1 unspecified atom stereocenters. The van der Waals surface area contributed by atoms with Crippen LogP contribution in [0.2, 0.25) is 5.02 Å². The molecule has 0 radical (unpaired) electrons. The fraction of sp³-hybridized carbons (Fsp3) is 0.118. The Morgan fingerprint density at radius 2 is 2.13 bits per heavy atom. The molecular formula is C17H15ClF2N2O. The highest BCUT2D eigenvalue weighted by Gasteiger charge is 2.21. The second-order valence-electron chi connectivity index (χ2n) is 4.85. The Labute approximate surface area is 138 Å². The average molecular weight is 337 g/mol. The van der Waals surface area contributed by atoms with Crippen molar-refractivity contribution in [2.24, 2.45) is 0 Å². The molecule has 23 heavy (non-hydrogen) atoms. The predicted octanol–water partition coefficient (Wildman–Crippen LogP) is 4.93. The lowest BCUT2D eigenvalue weighted by atomic mass is 10.1. The van der Waals surface area contributed by atoms with E-state index in [2.05, 4.69) is 18.1 Å². The van der Waals surface area contributed by atoms with Crippen LogP contribution in [0.4, 0.5) is 14.6 Å². The molecule has 6 heteroatoms. The number of aromatic nitrogens is 1. The Morgan fingerprint density at radius 3 is 2.78 bits per heavy atom. The van der Waals surface area contributed by atoms with Crippen molar-refractivity contribution in [1.29, 1.82) is 0 Å². The van der Waals surface area contributed by atoms with Crippen molar-refractivity contribution in [1.82, 2.24) is 4.98 Å². The van der Waals surface area contributed by atoms with Gasteiger partial charge in [-0.05, 0) is 30.7 Å². The first kappa shape index (κ1) is 17.0. The minimum Gasteiger partial charge on any atom is -0.482 e. The maximum atomic E-state index is 14.1. The second-order valence-corrected chi connectivity index (χ2v) is 5.26. The monoisotopic (exact) mass is 336 g/mol. The van der Waals surface area contributed by atoms with E-state index in [1.807, 2.05) is 0 Å². The number of pyridine rings is 1. The lowest BCUT2D eigenvalue weighted by Gasteiger charge is -2.18.